The fourth-order valence-corrected chi connectivity index (χ4v) is 5.03. The molecule has 0 aliphatic rings. The fourth-order valence-electron chi connectivity index (χ4n) is 5.03. The van der Waals surface area contributed by atoms with Crippen LogP contribution >= 0.6 is 0 Å². The van der Waals surface area contributed by atoms with Crippen LogP contribution in [0.5, 0.6) is 0 Å². The quantitative estimate of drug-likeness (QED) is 0.194. The first-order valence-corrected chi connectivity index (χ1v) is 16.1. The maximum Gasteiger partial charge on any atom is 0.129 e. The lowest BCUT2D eigenvalue weighted by Gasteiger charge is -2.27. The first-order chi connectivity index (χ1) is 19.7. The molecule has 0 spiro atoms. The second kappa shape index (κ2) is 21.6. The monoisotopic (exact) mass is 574 g/mol. The maximum absolute atomic E-state index is 10.3. The number of ketones is 1. The van der Waals surface area contributed by atoms with Gasteiger partial charge in [-0.1, -0.05) is 105 Å². The molecule has 3 nitrogen and oxygen atoms in total. The molecule has 0 amide bonds. The third-order valence-corrected chi connectivity index (χ3v) is 7.26. The number of rotatable bonds is 14. The Balaban J connectivity index is 0.00000132. The summed E-state index contributed by atoms with van der Waals surface area (Å²) in [5.41, 5.74) is 7.46. The molecule has 1 N–H and O–H groups in total. The standard InChI is InChI=1S/C29H38N2.C7H14O.C2H6.CH4/c1-7-16-31(17-8-2)26-19-25-12-10-11-13-27(25)29(20-26)23(6)30-22(5)28-18-24(9-3)15-14-21(28)4;1-3-4-5-6-7(2)8;1-2;/h10-15,18-20,23,30H,5,7-9,16-17H2,1-4,6H3;3-6H2,1-2H3;1-2H3;1H4. The highest BCUT2D eigenvalue weighted by molar-refractivity contribution is 5.90. The van der Waals surface area contributed by atoms with Gasteiger partial charge in [0.2, 0.25) is 0 Å². The molecule has 0 aliphatic heterocycles. The van der Waals surface area contributed by atoms with E-state index in [0.29, 0.717) is 5.78 Å². The van der Waals surface area contributed by atoms with Crippen molar-refractivity contribution in [2.75, 3.05) is 18.0 Å². The van der Waals surface area contributed by atoms with Crippen molar-refractivity contribution >= 4 is 27.9 Å². The van der Waals surface area contributed by atoms with Gasteiger partial charge in [0.25, 0.3) is 0 Å². The number of benzene rings is 3. The molecule has 0 radical (unpaired) electrons. The molecule has 3 rings (SSSR count). The second-order valence-electron chi connectivity index (χ2n) is 10.7. The number of Topliss-reactive ketones (excluding diaryl/α,β-unsaturated/α-hetero) is 1. The van der Waals surface area contributed by atoms with E-state index in [1.807, 2.05) is 13.8 Å². The summed E-state index contributed by atoms with van der Waals surface area (Å²) in [5.74, 6) is 0.318. The highest BCUT2D eigenvalue weighted by Gasteiger charge is 2.15. The van der Waals surface area contributed by atoms with E-state index < -0.39 is 0 Å². The first kappa shape index (κ1) is 38.9. The van der Waals surface area contributed by atoms with Crippen LogP contribution in [-0.2, 0) is 11.2 Å². The molecule has 3 heteroatoms. The number of anilines is 1. The SMILES string of the molecule is C.C=C(NC(C)c1cc(N(CCC)CCC)cc2ccccc12)c1cc(CC)ccc1C.CC.CCCCCC(C)=O. The van der Waals surface area contributed by atoms with Crippen molar-refractivity contribution < 1.29 is 4.79 Å². The zero-order chi connectivity index (χ0) is 30.8. The Bertz CT molecular complexity index is 1190. The van der Waals surface area contributed by atoms with Gasteiger partial charge in [0.1, 0.15) is 5.78 Å². The van der Waals surface area contributed by atoms with Gasteiger partial charge < -0.3 is 15.0 Å². The van der Waals surface area contributed by atoms with Gasteiger partial charge >= 0.3 is 0 Å². The van der Waals surface area contributed by atoms with Crippen molar-refractivity contribution in [2.45, 2.75) is 121 Å². The Kier molecular flexibility index (Phi) is 20.0. The molecule has 234 valence electrons. The minimum atomic E-state index is 0. The Hall–Kier alpha value is -3.07. The number of carbonyl (C=O) groups is 1. The zero-order valence-electron chi connectivity index (χ0n) is 27.7. The fraction of sp³-hybridized carbons (Fsp3) is 0.513. The van der Waals surface area contributed by atoms with E-state index in [1.54, 1.807) is 6.92 Å². The molecule has 0 saturated heterocycles. The van der Waals surface area contributed by atoms with Crippen LogP contribution in [0.15, 0.2) is 61.2 Å². The van der Waals surface area contributed by atoms with Crippen LogP contribution in [0.1, 0.15) is 130 Å². The van der Waals surface area contributed by atoms with Gasteiger partial charge in [-0.05, 0) is 92.1 Å². The van der Waals surface area contributed by atoms with Crippen LogP contribution in [0, 0.1) is 6.92 Å². The smallest absolute Gasteiger partial charge is 0.129 e. The normalized spacial score (nSPS) is 10.8. The molecule has 0 bridgehead atoms. The zero-order valence-corrected chi connectivity index (χ0v) is 27.7. The van der Waals surface area contributed by atoms with Crippen LogP contribution < -0.4 is 10.2 Å². The third kappa shape index (κ3) is 12.4. The lowest BCUT2D eigenvalue weighted by molar-refractivity contribution is -0.117. The minimum absolute atomic E-state index is 0. The van der Waals surface area contributed by atoms with Crippen LogP contribution in [-0.4, -0.2) is 18.9 Å². The van der Waals surface area contributed by atoms with E-state index in [1.165, 1.54) is 51.6 Å². The van der Waals surface area contributed by atoms with Gasteiger partial charge in [-0.2, -0.15) is 0 Å². The molecule has 42 heavy (non-hydrogen) atoms. The van der Waals surface area contributed by atoms with Crippen LogP contribution in [0.4, 0.5) is 5.69 Å². The summed E-state index contributed by atoms with van der Waals surface area (Å²) in [4.78, 5) is 12.8. The number of fused-ring (bicyclic) bond motifs is 1. The molecule has 0 aromatic heterocycles. The van der Waals surface area contributed by atoms with Crippen molar-refractivity contribution in [3.05, 3.63) is 83.4 Å². The Morgan fingerprint density at radius 3 is 2.12 bits per heavy atom. The van der Waals surface area contributed by atoms with Gasteiger partial charge in [0.15, 0.2) is 0 Å². The maximum atomic E-state index is 10.3. The van der Waals surface area contributed by atoms with E-state index >= 15 is 0 Å². The summed E-state index contributed by atoms with van der Waals surface area (Å²) in [6.07, 6.45) is 7.58. The summed E-state index contributed by atoms with van der Waals surface area (Å²) in [5, 5.41) is 6.33. The van der Waals surface area contributed by atoms with Crippen LogP contribution in [0.3, 0.4) is 0 Å². The molecule has 3 aromatic carbocycles. The van der Waals surface area contributed by atoms with E-state index in [4.69, 9.17) is 0 Å². The first-order valence-electron chi connectivity index (χ1n) is 16.1. The summed E-state index contributed by atoms with van der Waals surface area (Å²) in [6.45, 7) is 25.5. The minimum Gasteiger partial charge on any atom is -0.378 e. The molecule has 1 atom stereocenters. The van der Waals surface area contributed by atoms with Crippen molar-refractivity contribution in [2.24, 2.45) is 0 Å². The molecule has 0 aliphatic carbocycles. The molecule has 0 fully saturated rings. The number of hydrogen-bond donors (Lipinski definition) is 1. The average Bonchev–Trinajstić information content (AvgIpc) is 2.98. The summed E-state index contributed by atoms with van der Waals surface area (Å²) < 4.78 is 0. The Morgan fingerprint density at radius 2 is 1.55 bits per heavy atom. The summed E-state index contributed by atoms with van der Waals surface area (Å²) in [7, 11) is 0. The Labute approximate surface area is 259 Å². The number of nitrogens with one attached hydrogen (secondary N) is 1. The van der Waals surface area contributed by atoms with Gasteiger partial charge in [-0.25, -0.2) is 0 Å². The lowest BCUT2D eigenvalue weighted by atomic mass is 9.96. The predicted octanol–water partition coefficient (Wildman–Crippen LogP) is 11.5. The third-order valence-electron chi connectivity index (χ3n) is 7.26. The number of nitrogens with zero attached hydrogens (tertiary/aromatic N) is 1. The van der Waals surface area contributed by atoms with Crippen LogP contribution in [0.25, 0.3) is 16.5 Å². The predicted molar refractivity (Wildman–Crippen MR) is 191 cm³/mol. The van der Waals surface area contributed by atoms with E-state index in [9.17, 15) is 4.79 Å². The largest absolute Gasteiger partial charge is 0.378 e. The lowest BCUT2D eigenvalue weighted by Crippen LogP contribution is -2.25. The highest BCUT2D eigenvalue weighted by Crippen LogP contribution is 2.32. The van der Waals surface area contributed by atoms with E-state index in [-0.39, 0.29) is 13.5 Å². The van der Waals surface area contributed by atoms with Crippen molar-refractivity contribution in [1.29, 1.82) is 0 Å². The molecule has 1 unspecified atom stereocenters. The topological polar surface area (TPSA) is 32.3 Å². The van der Waals surface area contributed by atoms with Gasteiger partial charge in [-0.3, -0.25) is 0 Å². The number of carbonyl (C=O) groups excluding carboxylic acids is 1. The number of unbranched alkanes of at least 4 members (excludes halogenated alkanes) is 2. The van der Waals surface area contributed by atoms with Crippen molar-refractivity contribution in [1.82, 2.24) is 5.32 Å². The molecular formula is C39H62N2O. The molecule has 3 aromatic rings. The molecular weight excluding hydrogens is 512 g/mol. The van der Waals surface area contributed by atoms with Crippen molar-refractivity contribution in [3.63, 3.8) is 0 Å². The van der Waals surface area contributed by atoms with Gasteiger partial charge in [0, 0.05) is 42.5 Å². The second-order valence-corrected chi connectivity index (χ2v) is 10.7. The summed E-state index contributed by atoms with van der Waals surface area (Å²) >= 11 is 0. The van der Waals surface area contributed by atoms with Gasteiger partial charge in [0.05, 0.1) is 0 Å². The highest BCUT2D eigenvalue weighted by atomic mass is 16.1. The van der Waals surface area contributed by atoms with Gasteiger partial charge in [-0.15, -0.1) is 0 Å². The average molecular weight is 575 g/mol. The molecule has 0 heterocycles. The number of hydrogen-bond acceptors (Lipinski definition) is 3. The summed E-state index contributed by atoms with van der Waals surface area (Å²) in [6, 6.07) is 20.3. The Morgan fingerprint density at radius 1 is 0.905 bits per heavy atom. The van der Waals surface area contributed by atoms with E-state index in [0.717, 1.165) is 50.9 Å². The van der Waals surface area contributed by atoms with Crippen molar-refractivity contribution in [3.8, 4) is 0 Å². The molecule has 0 saturated carbocycles. The van der Waals surface area contributed by atoms with Crippen LogP contribution in [0.2, 0.25) is 0 Å². The number of aryl methyl sites for hydroxylation is 2. The van der Waals surface area contributed by atoms with E-state index in [2.05, 4.69) is 113 Å².